The van der Waals surface area contributed by atoms with E-state index in [2.05, 4.69) is 0 Å². The van der Waals surface area contributed by atoms with Gasteiger partial charge in [-0.25, -0.2) is 4.79 Å². The summed E-state index contributed by atoms with van der Waals surface area (Å²) in [5.74, 6) is -1.63. The van der Waals surface area contributed by atoms with Gasteiger partial charge in [-0.2, -0.15) is 13.2 Å². The minimum atomic E-state index is -4.81. The van der Waals surface area contributed by atoms with E-state index in [9.17, 15) is 18.0 Å². The van der Waals surface area contributed by atoms with Crippen LogP contribution in [0, 0.1) is 0 Å². The highest BCUT2D eigenvalue weighted by Crippen LogP contribution is 2.44. The molecule has 1 aliphatic heterocycles. The fourth-order valence-corrected chi connectivity index (χ4v) is 1.74. The Morgan fingerprint density at radius 3 is 2.50 bits per heavy atom. The van der Waals surface area contributed by atoms with Crippen molar-refractivity contribution in [2.75, 3.05) is 0 Å². The largest absolute Gasteiger partial charge is 0.478 e. The number of carboxylic acids is 1. The molecule has 1 aliphatic rings. The number of carboxylic acid groups (broad SMARTS) is 1. The summed E-state index contributed by atoms with van der Waals surface area (Å²) in [7, 11) is 0. The third-order valence-corrected chi connectivity index (χ3v) is 2.82. The third-order valence-electron chi connectivity index (χ3n) is 2.82. The minimum absolute atomic E-state index is 0.0160. The molecule has 0 radical (unpaired) electrons. The Labute approximate surface area is 100 Å². The van der Waals surface area contributed by atoms with Gasteiger partial charge >= 0.3 is 12.1 Å². The van der Waals surface area contributed by atoms with Crippen LogP contribution >= 0.6 is 0 Å². The molecule has 3 nitrogen and oxygen atoms in total. The van der Waals surface area contributed by atoms with Crippen molar-refractivity contribution < 1.29 is 27.8 Å². The van der Waals surface area contributed by atoms with Gasteiger partial charge in [0.1, 0.15) is 5.75 Å². The van der Waals surface area contributed by atoms with E-state index < -0.39 is 23.3 Å². The molecule has 0 saturated heterocycles. The van der Waals surface area contributed by atoms with Gasteiger partial charge in [-0.1, -0.05) is 18.2 Å². The number of rotatable bonds is 1. The van der Waals surface area contributed by atoms with Crippen molar-refractivity contribution in [3.05, 3.63) is 35.4 Å². The highest BCUT2D eigenvalue weighted by atomic mass is 19.4. The van der Waals surface area contributed by atoms with Crippen molar-refractivity contribution in [2.45, 2.75) is 18.7 Å². The van der Waals surface area contributed by atoms with Gasteiger partial charge in [0.05, 0.1) is 5.57 Å². The number of halogens is 3. The number of para-hydroxylation sites is 1. The SMILES string of the molecule is CC1(C(F)(F)F)Oc2ccccc2C=C1C(=O)O. The Hall–Kier alpha value is -1.98. The summed E-state index contributed by atoms with van der Waals surface area (Å²) in [6.07, 6.45) is -3.82. The maximum atomic E-state index is 13.0. The first-order valence-electron chi connectivity index (χ1n) is 5.06. The topological polar surface area (TPSA) is 46.5 Å². The van der Waals surface area contributed by atoms with Gasteiger partial charge in [-0.05, 0) is 19.1 Å². The van der Waals surface area contributed by atoms with Crippen LogP contribution in [0.25, 0.3) is 6.08 Å². The van der Waals surface area contributed by atoms with Crippen LogP contribution in [0.5, 0.6) is 5.75 Å². The van der Waals surface area contributed by atoms with Gasteiger partial charge in [-0.3, -0.25) is 0 Å². The van der Waals surface area contributed by atoms with Gasteiger partial charge in [0.2, 0.25) is 5.60 Å². The molecule has 0 bridgehead atoms. The Kier molecular flexibility index (Phi) is 2.61. The molecule has 6 heteroatoms. The van der Waals surface area contributed by atoms with Gasteiger partial charge in [0.15, 0.2) is 0 Å². The molecule has 1 aromatic carbocycles. The van der Waals surface area contributed by atoms with Crippen molar-refractivity contribution in [2.24, 2.45) is 0 Å². The lowest BCUT2D eigenvalue weighted by atomic mass is 9.90. The fourth-order valence-electron chi connectivity index (χ4n) is 1.74. The Morgan fingerprint density at radius 2 is 1.94 bits per heavy atom. The maximum Gasteiger partial charge on any atom is 0.432 e. The zero-order valence-electron chi connectivity index (χ0n) is 9.28. The van der Waals surface area contributed by atoms with E-state index >= 15 is 0 Å². The molecule has 0 fully saturated rings. The van der Waals surface area contributed by atoms with Crippen LogP contribution in [-0.2, 0) is 4.79 Å². The summed E-state index contributed by atoms with van der Waals surface area (Å²) in [6.45, 7) is 0.711. The molecule has 2 rings (SSSR count). The van der Waals surface area contributed by atoms with Crippen LogP contribution in [-0.4, -0.2) is 22.9 Å². The van der Waals surface area contributed by atoms with Gasteiger partial charge < -0.3 is 9.84 Å². The zero-order valence-corrected chi connectivity index (χ0v) is 9.28. The van der Waals surface area contributed by atoms with E-state index in [1.165, 1.54) is 18.2 Å². The van der Waals surface area contributed by atoms with E-state index in [0.29, 0.717) is 12.5 Å². The molecule has 0 aromatic heterocycles. The molecule has 1 unspecified atom stereocenters. The predicted octanol–water partition coefficient (Wildman–Crippen LogP) is 2.87. The lowest BCUT2D eigenvalue weighted by molar-refractivity contribution is -0.228. The minimum Gasteiger partial charge on any atom is -0.478 e. The predicted molar refractivity (Wildman–Crippen MR) is 57.1 cm³/mol. The number of hydrogen-bond acceptors (Lipinski definition) is 2. The first-order chi connectivity index (χ1) is 8.25. The Morgan fingerprint density at radius 1 is 1.33 bits per heavy atom. The van der Waals surface area contributed by atoms with E-state index in [0.717, 1.165) is 6.08 Å². The molecule has 1 heterocycles. The number of hydrogen-bond donors (Lipinski definition) is 1. The summed E-state index contributed by atoms with van der Waals surface area (Å²) in [5, 5.41) is 8.91. The molecule has 96 valence electrons. The molecular weight excluding hydrogens is 249 g/mol. The van der Waals surface area contributed by atoms with Gasteiger partial charge in [0.25, 0.3) is 0 Å². The molecule has 0 saturated carbocycles. The highest BCUT2D eigenvalue weighted by Gasteiger charge is 2.59. The van der Waals surface area contributed by atoms with Crippen LogP contribution in [0.1, 0.15) is 12.5 Å². The number of fused-ring (bicyclic) bond motifs is 1. The van der Waals surface area contributed by atoms with Gasteiger partial charge in [-0.15, -0.1) is 0 Å². The second-order valence-electron chi connectivity index (χ2n) is 4.03. The standard InChI is InChI=1S/C12H9F3O3/c1-11(12(13,14)15)8(10(16)17)6-7-4-2-3-5-9(7)18-11/h2-6H,1H3,(H,16,17). The molecule has 0 aliphatic carbocycles. The smallest absolute Gasteiger partial charge is 0.432 e. The van der Waals surface area contributed by atoms with E-state index in [-0.39, 0.29) is 5.75 Å². The molecule has 1 N–H and O–H groups in total. The van der Waals surface area contributed by atoms with Crippen LogP contribution in [0.2, 0.25) is 0 Å². The average Bonchev–Trinajstić information content (AvgIpc) is 2.26. The first kappa shape index (κ1) is 12.5. The molecule has 1 atom stereocenters. The van der Waals surface area contributed by atoms with Crippen LogP contribution < -0.4 is 4.74 Å². The van der Waals surface area contributed by atoms with E-state index in [1.807, 2.05) is 0 Å². The third kappa shape index (κ3) is 1.73. The number of aliphatic carboxylic acids is 1. The van der Waals surface area contributed by atoms with Crippen molar-refractivity contribution >= 4 is 12.0 Å². The number of benzene rings is 1. The second-order valence-corrected chi connectivity index (χ2v) is 4.03. The normalized spacial score (nSPS) is 22.8. The first-order valence-corrected chi connectivity index (χ1v) is 5.06. The highest BCUT2D eigenvalue weighted by molar-refractivity contribution is 5.96. The lowest BCUT2D eigenvalue weighted by Crippen LogP contribution is -2.52. The van der Waals surface area contributed by atoms with Crippen LogP contribution in [0.3, 0.4) is 0 Å². The summed E-state index contributed by atoms with van der Waals surface area (Å²) >= 11 is 0. The summed E-state index contributed by atoms with van der Waals surface area (Å²) in [6, 6.07) is 5.98. The number of alkyl halides is 3. The molecule has 0 amide bonds. The van der Waals surface area contributed by atoms with E-state index in [1.54, 1.807) is 6.07 Å². The molecule has 18 heavy (non-hydrogen) atoms. The van der Waals surface area contributed by atoms with Crippen LogP contribution in [0.15, 0.2) is 29.8 Å². The molecular formula is C12H9F3O3. The fraction of sp³-hybridized carbons (Fsp3) is 0.250. The van der Waals surface area contributed by atoms with Crippen molar-refractivity contribution in [1.29, 1.82) is 0 Å². The summed E-state index contributed by atoms with van der Waals surface area (Å²) < 4.78 is 43.9. The molecule has 0 spiro atoms. The van der Waals surface area contributed by atoms with Crippen molar-refractivity contribution in [3.8, 4) is 5.75 Å². The summed E-state index contributed by atoms with van der Waals surface area (Å²) in [5.41, 5.74) is -3.35. The van der Waals surface area contributed by atoms with E-state index in [4.69, 9.17) is 9.84 Å². The maximum absolute atomic E-state index is 13.0. The summed E-state index contributed by atoms with van der Waals surface area (Å²) in [4.78, 5) is 11.0. The van der Waals surface area contributed by atoms with Crippen molar-refractivity contribution in [3.63, 3.8) is 0 Å². The zero-order chi connectivity index (χ0) is 13.6. The van der Waals surface area contributed by atoms with Crippen LogP contribution in [0.4, 0.5) is 13.2 Å². The number of carbonyl (C=O) groups is 1. The lowest BCUT2D eigenvalue weighted by Gasteiger charge is -2.36. The Bertz CT molecular complexity index is 534. The quantitative estimate of drug-likeness (QED) is 0.842. The van der Waals surface area contributed by atoms with Crippen molar-refractivity contribution in [1.82, 2.24) is 0 Å². The molecule has 1 aromatic rings. The average molecular weight is 258 g/mol. The second kappa shape index (κ2) is 3.76. The Balaban J connectivity index is 2.63. The van der Waals surface area contributed by atoms with Gasteiger partial charge in [0, 0.05) is 5.56 Å². The number of ether oxygens (including phenoxy) is 1. The monoisotopic (exact) mass is 258 g/mol.